The Morgan fingerprint density at radius 1 is 0.960 bits per heavy atom. The largest absolute Gasteiger partial charge is 0.454 e. The summed E-state index contributed by atoms with van der Waals surface area (Å²) in [5, 5.41) is 28.8. The lowest BCUT2D eigenvalue weighted by atomic mass is 9.89. The van der Waals surface area contributed by atoms with Gasteiger partial charge in [-0.05, 0) is 6.42 Å². The number of carbonyl (C=O) groups is 1. The van der Waals surface area contributed by atoms with Crippen molar-refractivity contribution in [1.29, 1.82) is 0 Å². The Balaban J connectivity index is 2.04. The highest BCUT2D eigenvalue weighted by molar-refractivity contribution is 5.76. The molecule has 1 fully saturated rings. The molecular weight excluding hydrogens is 320 g/mol. The number of carbonyl (C=O) groups excluding carboxylic acids is 1. The monoisotopic (exact) mass is 358 g/mol. The summed E-state index contributed by atoms with van der Waals surface area (Å²) in [6.07, 6.45) is 13.7. The standard InChI is InChI=1S/C20H38O5/c1-2-3-4-5-6-7-8-9-10-11-12-13-18(23)17-14-20(15-21,16-22)25-19(17)24/h17-18,21-23H,2-16H2,1H3. The Kier molecular flexibility index (Phi) is 11.3. The van der Waals surface area contributed by atoms with E-state index in [4.69, 9.17) is 4.74 Å². The van der Waals surface area contributed by atoms with Crippen LogP contribution in [-0.4, -0.2) is 46.2 Å². The Bertz CT molecular complexity index is 354. The van der Waals surface area contributed by atoms with Crippen molar-refractivity contribution < 1.29 is 24.9 Å². The summed E-state index contributed by atoms with van der Waals surface area (Å²) >= 11 is 0. The molecule has 0 aromatic rings. The average Bonchev–Trinajstić information content (AvgIpc) is 2.97. The average molecular weight is 359 g/mol. The van der Waals surface area contributed by atoms with Crippen LogP contribution in [0.25, 0.3) is 0 Å². The molecule has 1 aliphatic heterocycles. The van der Waals surface area contributed by atoms with Crippen LogP contribution in [0, 0.1) is 5.92 Å². The zero-order valence-corrected chi connectivity index (χ0v) is 15.9. The van der Waals surface area contributed by atoms with Gasteiger partial charge in [0.05, 0.1) is 25.2 Å². The Morgan fingerprint density at radius 3 is 1.88 bits per heavy atom. The maximum atomic E-state index is 11.8. The molecule has 3 N–H and O–H groups in total. The first-order valence-corrected chi connectivity index (χ1v) is 10.2. The molecular formula is C20H38O5. The maximum absolute atomic E-state index is 11.8. The van der Waals surface area contributed by atoms with Gasteiger partial charge in [-0.3, -0.25) is 4.79 Å². The van der Waals surface area contributed by atoms with Crippen LogP contribution in [0.15, 0.2) is 0 Å². The fourth-order valence-electron chi connectivity index (χ4n) is 3.57. The molecule has 148 valence electrons. The molecule has 1 saturated heterocycles. The molecule has 1 rings (SSSR count). The molecule has 0 bridgehead atoms. The highest BCUT2D eigenvalue weighted by Gasteiger charge is 2.48. The van der Waals surface area contributed by atoms with Crippen LogP contribution in [0.1, 0.15) is 90.4 Å². The van der Waals surface area contributed by atoms with Crippen LogP contribution in [0.2, 0.25) is 0 Å². The number of hydrogen-bond acceptors (Lipinski definition) is 5. The number of aliphatic hydroxyl groups is 3. The van der Waals surface area contributed by atoms with E-state index in [0.29, 0.717) is 6.42 Å². The van der Waals surface area contributed by atoms with E-state index < -0.39 is 36.8 Å². The van der Waals surface area contributed by atoms with Gasteiger partial charge in [0.15, 0.2) is 5.60 Å². The predicted octanol–water partition coefficient (Wildman–Crippen LogP) is 3.33. The summed E-state index contributed by atoms with van der Waals surface area (Å²) in [6, 6.07) is 0. The number of rotatable bonds is 15. The molecule has 0 saturated carbocycles. The molecule has 0 spiro atoms. The van der Waals surface area contributed by atoms with Crippen LogP contribution in [-0.2, 0) is 9.53 Å². The molecule has 5 nitrogen and oxygen atoms in total. The predicted molar refractivity (Wildman–Crippen MR) is 98.2 cm³/mol. The van der Waals surface area contributed by atoms with Crippen LogP contribution >= 0.6 is 0 Å². The van der Waals surface area contributed by atoms with Crippen LogP contribution < -0.4 is 0 Å². The van der Waals surface area contributed by atoms with E-state index in [2.05, 4.69) is 6.92 Å². The summed E-state index contributed by atoms with van der Waals surface area (Å²) < 4.78 is 5.09. The summed E-state index contributed by atoms with van der Waals surface area (Å²) in [5.74, 6) is -1.12. The lowest BCUT2D eigenvalue weighted by molar-refractivity contribution is -0.158. The molecule has 1 heterocycles. The second kappa shape index (κ2) is 12.7. The molecule has 2 unspecified atom stereocenters. The molecule has 0 amide bonds. The highest BCUT2D eigenvalue weighted by Crippen LogP contribution is 2.34. The number of cyclic esters (lactones) is 1. The minimum absolute atomic E-state index is 0.192. The van der Waals surface area contributed by atoms with E-state index in [-0.39, 0.29) is 6.42 Å². The van der Waals surface area contributed by atoms with Gasteiger partial charge in [0.1, 0.15) is 0 Å². The second-order valence-corrected chi connectivity index (χ2v) is 7.62. The lowest BCUT2D eigenvalue weighted by Gasteiger charge is -2.22. The fraction of sp³-hybridized carbons (Fsp3) is 0.950. The van der Waals surface area contributed by atoms with Gasteiger partial charge in [-0.25, -0.2) is 0 Å². The van der Waals surface area contributed by atoms with Crippen molar-refractivity contribution in [1.82, 2.24) is 0 Å². The third-order valence-corrected chi connectivity index (χ3v) is 5.36. The quantitative estimate of drug-likeness (QED) is 0.309. The van der Waals surface area contributed by atoms with Crippen molar-refractivity contribution in [2.45, 2.75) is 102 Å². The van der Waals surface area contributed by atoms with Crippen LogP contribution in [0.4, 0.5) is 0 Å². The molecule has 2 atom stereocenters. The van der Waals surface area contributed by atoms with Gasteiger partial charge in [0.2, 0.25) is 0 Å². The normalized spacial score (nSPS) is 20.6. The van der Waals surface area contributed by atoms with Crippen molar-refractivity contribution >= 4 is 5.97 Å². The maximum Gasteiger partial charge on any atom is 0.312 e. The molecule has 1 aliphatic rings. The highest BCUT2D eigenvalue weighted by atomic mass is 16.6. The SMILES string of the molecule is CCCCCCCCCCCCCC(O)C1CC(CO)(CO)OC1=O. The fourth-order valence-corrected chi connectivity index (χ4v) is 3.57. The van der Waals surface area contributed by atoms with Crippen LogP contribution in [0.5, 0.6) is 0 Å². The van der Waals surface area contributed by atoms with Crippen molar-refractivity contribution in [2.75, 3.05) is 13.2 Å². The molecule has 25 heavy (non-hydrogen) atoms. The van der Waals surface area contributed by atoms with Crippen molar-refractivity contribution in [3.63, 3.8) is 0 Å². The molecule has 0 radical (unpaired) electrons. The molecule has 5 heteroatoms. The van der Waals surface area contributed by atoms with Crippen LogP contribution in [0.3, 0.4) is 0 Å². The van der Waals surface area contributed by atoms with Gasteiger partial charge >= 0.3 is 5.97 Å². The lowest BCUT2D eigenvalue weighted by Crippen LogP contribution is -2.37. The number of aliphatic hydroxyl groups excluding tert-OH is 3. The van der Waals surface area contributed by atoms with E-state index in [1.54, 1.807) is 0 Å². The summed E-state index contributed by atoms with van der Waals surface area (Å²) in [7, 11) is 0. The number of esters is 1. The van der Waals surface area contributed by atoms with E-state index in [9.17, 15) is 20.1 Å². The van der Waals surface area contributed by atoms with Crippen molar-refractivity contribution in [3.8, 4) is 0 Å². The number of unbranched alkanes of at least 4 members (excludes halogenated alkanes) is 10. The topological polar surface area (TPSA) is 87.0 Å². The number of hydrogen-bond donors (Lipinski definition) is 3. The minimum Gasteiger partial charge on any atom is -0.454 e. The summed E-state index contributed by atoms with van der Waals surface area (Å²) in [6.45, 7) is 1.43. The second-order valence-electron chi connectivity index (χ2n) is 7.62. The smallest absolute Gasteiger partial charge is 0.312 e. The number of ether oxygens (including phenoxy) is 1. The zero-order valence-electron chi connectivity index (χ0n) is 15.9. The van der Waals surface area contributed by atoms with Gasteiger partial charge in [0, 0.05) is 6.42 Å². The first kappa shape index (κ1) is 22.4. The molecule has 0 aliphatic carbocycles. The molecule has 0 aromatic carbocycles. The zero-order chi connectivity index (χ0) is 18.5. The molecule has 0 aromatic heterocycles. The first-order chi connectivity index (χ1) is 12.1. The van der Waals surface area contributed by atoms with Gasteiger partial charge in [-0.1, -0.05) is 77.6 Å². The summed E-state index contributed by atoms with van der Waals surface area (Å²) in [5.41, 5.74) is -1.21. The van der Waals surface area contributed by atoms with E-state index >= 15 is 0 Å². The van der Waals surface area contributed by atoms with Gasteiger partial charge < -0.3 is 20.1 Å². The van der Waals surface area contributed by atoms with Crippen molar-refractivity contribution in [3.05, 3.63) is 0 Å². The third kappa shape index (κ3) is 8.06. The van der Waals surface area contributed by atoms with E-state index in [1.807, 2.05) is 0 Å². The van der Waals surface area contributed by atoms with Crippen molar-refractivity contribution in [2.24, 2.45) is 5.92 Å². The summed E-state index contributed by atoms with van der Waals surface area (Å²) in [4.78, 5) is 11.8. The Morgan fingerprint density at radius 2 is 1.44 bits per heavy atom. The van der Waals surface area contributed by atoms with E-state index in [0.717, 1.165) is 12.8 Å². The minimum atomic E-state index is -1.21. The Labute approximate surface area is 152 Å². The Hall–Kier alpha value is -0.650. The van der Waals surface area contributed by atoms with Gasteiger partial charge in [-0.15, -0.1) is 0 Å². The third-order valence-electron chi connectivity index (χ3n) is 5.36. The van der Waals surface area contributed by atoms with Gasteiger partial charge in [0.25, 0.3) is 0 Å². The first-order valence-electron chi connectivity index (χ1n) is 10.2. The van der Waals surface area contributed by atoms with Gasteiger partial charge in [-0.2, -0.15) is 0 Å². The van der Waals surface area contributed by atoms with E-state index in [1.165, 1.54) is 57.8 Å².